The third-order valence-corrected chi connectivity index (χ3v) is 3.54. The Morgan fingerprint density at radius 3 is 2.45 bits per heavy atom. The number of amides is 1. The van der Waals surface area contributed by atoms with Gasteiger partial charge < -0.3 is 11.1 Å². The normalized spacial score (nSPS) is 13.4. The summed E-state index contributed by atoms with van der Waals surface area (Å²) >= 11 is 0. The smallest absolute Gasteiger partial charge is 0.237 e. The lowest BCUT2D eigenvalue weighted by atomic mass is 9.98. The summed E-state index contributed by atoms with van der Waals surface area (Å²) in [5, 5.41) is 2.93. The minimum atomic E-state index is -0.551. The lowest BCUT2D eigenvalue weighted by Gasteiger charge is -2.22. The lowest BCUT2D eigenvalue weighted by molar-refractivity contribution is -0.123. The molecule has 0 heterocycles. The Balaban J connectivity index is 2.29. The highest BCUT2D eigenvalue weighted by Gasteiger charge is 2.20. The number of nitrogens with one attached hydrogen (secondary N) is 1. The van der Waals surface area contributed by atoms with Crippen molar-refractivity contribution in [1.29, 1.82) is 0 Å². The van der Waals surface area contributed by atoms with Gasteiger partial charge in [-0.15, -0.1) is 0 Å². The van der Waals surface area contributed by atoms with Crippen LogP contribution in [0.5, 0.6) is 0 Å². The number of halogens is 1. The van der Waals surface area contributed by atoms with Crippen LogP contribution in [-0.4, -0.2) is 11.9 Å². The average Bonchev–Trinajstić information content (AvgIpc) is 2.53. The van der Waals surface area contributed by atoms with Crippen molar-refractivity contribution in [3.63, 3.8) is 0 Å². The molecule has 0 saturated heterocycles. The van der Waals surface area contributed by atoms with E-state index in [0.29, 0.717) is 12.0 Å². The van der Waals surface area contributed by atoms with Crippen molar-refractivity contribution in [1.82, 2.24) is 5.32 Å². The third-order valence-electron chi connectivity index (χ3n) is 3.54. The molecule has 2 aromatic rings. The molecule has 2 atom stereocenters. The molecule has 3 N–H and O–H groups in total. The highest BCUT2D eigenvalue weighted by Crippen LogP contribution is 2.22. The molecule has 2 unspecified atom stereocenters. The van der Waals surface area contributed by atoms with Gasteiger partial charge in [0.25, 0.3) is 0 Å². The van der Waals surface area contributed by atoms with Gasteiger partial charge in [-0.2, -0.15) is 0 Å². The van der Waals surface area contributed by atoms with Gasteiger partial charge in [0.1, 0.15) is 5.82 Å². The summed E-state index contributed by atoms with van der Waals surface area (Å²) in [7, 11) is 0. The van der Waals surface area contributed by atoms with E-state index in [4.69, 9.17) is 5.73 Å². The van der Waals surface area contributed by atoms with E-state index in [1.165, 1.54) is 12.1 Å². The average molecular weight is 300 g/mol. The quantitative estimate of drug-likeness (QED) is 0.861. The van der Waals surface area contributed by atoms with Gasteiger partial charge in [-0.25, -0.2) is 4.39 Å². The van der Waals surface area contributed by atoms with E-state index in [9.17, 15) is 9.18 Å². The van der Waals surface area contributed by atoms with Crippen LogP contribution in [0.4, 0.5) is 4.39 Å². The highest BCUT2D eigenvalue weighted by atomic mass is 19.1. The van der Waals surface area contributed by atoms with Crippen LogP contribution in [0.1, 0.15) is 36.9 Å². The molecule has 0 aliphatic heterocycles. The number of hydrogen-bond donors (Lipinski definition) is 2. The fourth-order valence-corrected chi connectivity index (χ4v) is 2.38. The highest BCUT2D eigenvalue weighted by molar-refractivity contribution is 5.82. The van der Waals surface area contributed by atoms with Crippen molar-refractivity contribution in [2.24, 2.45) is 5.73 Å². The second-order valence-corrected chi connectivity index (χ2v) is 5.30. The predicted octanol–water partition coefficient (Wildman–Crippen LogP) is 3.16. The van der Waals surface area contributed by atoms with E-state index in [1.807, 2.05) is 37.3 Å². The van der Waals surface area contributed by atoms with Crippen molar-refractivity contribution in [2.45, 2.75) is 31.8 Å². The molecule has 0 aliphatic carbocycles. The second-order valence-electron chi connectivity index (χ2n) is 5.30. The number of nitrogens with two attached hydrogens (primary N) is 1. The van der Waals surface area contributed by atoms with Gasteiger partial charge in [0.2, 0.25) is 5.91 Å². The van der Waals surface area contributed by atoms with Crippen LogP contribution in [0, 0.1) is 5.82 Å². The fraction of sp³-hybridized carbons (Fsp3) is 0.278. The van der Waals surface area contributed by atoms with Crippen molar-refractivity contribution in [3.05, 3.63) is 71.5 Å². The van der Waals surface area contributed by atoms with E-state index < -0.39 is 12.1 Å². The summed E-state index contributed by atoms with van der Waals surface area (Å²) < 4.78 is 13.5. The number of benzene rings is 2. The molecule has 0 aromatic heterocycles. The summed E-state index contributed by atoms with van der Waals surface area (Å²) in [5.41, 5.74) is 7.47. The Hall–Kier alpha value is -2.20. The topological polar surface area (TPSA) is 55.1 Å². The number of carbonyl (C=O) groups excluding carboxylic acids is 1. The van der Waals surface area contributed by atoms with Crippen molar-refractivity contribution in [3.8, 4) is 0 Å². The predicted molar refractivity (Wildman–Crippen MR) is 85.7 cm³/mol. The first-order chi connectivity index (χ1) is 10.6. The number of rotatable bonds is 6. The molecule has 4 heteroatoms. The fourth-order valence-electron chi connectivity index (χ4n) is 2.38. The van der Waals surface area contributed by atoms with Gasteiger partial charge in [0.05, 0.1) is 12.1 Å². The van der Waals surface area contributed by atoms with Gasteiger partial charge in [0, 0.05) is 0 Å². The Morgan fingerprint density at radius 2 is 1.82 bits per heavy atom. The first-order valence-electron chi connectivity index (χ1n) is 7.48. The first kappa shape index (κ1) is 16.2. The molecule has 1 amide bonds. The van der Waals surface area contributed by atoms with Crippen LogP contribution in [-0.2, 0) is 4.79 Å². The molecule has 0 saturated carbocycles. The molecule has 3 nitrogen and oxygen atoms in total. The molecule has 0 aliphatic rings. The van der Waals surface area contributed by atoms with Gasteiger partial charge in [-0.05, 0) is 29.7 Å². The van der Waals surface area contributed by atoms with Crippen molar-refractivity contribution >= 4 is 5.91 Å². The SMILES string of the molecule is CCCC(N)C(=O)NC(c1ccccc1)c1cccc(F)c1. The number of hydrogen-bond acceptors (Lipinski definition) is 2. The first-order valence-corrected chi connectivity index (χ1v) is 7.48. The van der Waals surface area contributed by atoms with Gasteiger partial charge >= 0.3 is 0 Å². The summed E-state index contributed by atoms with van der Waals surface area (Å²) in [6.07, 6.45) is 1.46. The monoisotopic (exact) mass is 300 g/mol. The molecule has 0 fully saturated rings. The molecule has 2 aromatic carbocycles. The standard InChI is InChI=1S/C18H21FN2O/c1-2-7-16(20)18(22)21-17(13-8-4-3-5-9-13)14-10-6-11-15(19)12-14/h3-6,8-12,16-17H,2,7,20H2,1H3,(H,21,22). The minimum absolute atomic E-state index is 0.222. The summed E-state index contributed by atoms with van der Waals surface area (Å²) in [6.45, 7) is 1.98. The zero-order valence-corrected chi connectivity index (χ0v) is 12.6. The van der Waals surface area contributed by atoms with Crippen LogP contribution in [0.3, 0.4) is 0 Å². The van der Waals surface area contributed by atoms with E-state index in [1.54, 1.807) is 12.1 Å². The second kappa shape index (κ2) is 7.71. The Bertz CT molecular complexity index is 615. The Kier molecular flexibility index (Phi) is 5.67. The molecule has 116 valence electrons. The molecule has 2 rings (SSSR count). The summed E-state index contributed by atoms with van der Waals surface area (Å²) in [6, 6.07) is 14.8. The van der Waals surface area contributed by atoms with E-state index in [-0.39, 0.29) is 11.7 Å². The van der Waals surface area contributed by atoms with Gasteiger partial charge in [0.15, 0.2) is 0 Å². The van der Waals surface area contributed by atoms with Crippen LogP contribution >= 0.6 is 0 Å². The number of carbonyl (C=O) groups is 1. The van der Waals surface area contributed by atoms with Crippen LogP contribution in [0.25, 0.3) is 0 Å². The summed E-state index contributed by atoms with van der Waals surface area (Å²) in [4.78, 5) is 12.2. The maximum atomic E-state index is 13.5. The molecule has 0 spiro atoms. The Labute approximate surface area is 130 Å². The zero-order valence-electron chi connectivity index (χ0n) is 12.6. The van der Waals surface area contributed by atoms with Crippen LogP contribution in [0.2, 0.25) is 0 Å². The van der Waals surface area contributed by atoms with Gasteiger partial charge in [-0.3, -0.25) is 4.79 Å². The molecular formula is C18H21FN2O. The van der Waals surface area contributed by atoms with E-state index in [2.05, 4.69) is 5.32 Å². The summed E-state index contributed by atoms with van der Waals surface area (Å²) in [5.74, 6) is -0.550. The third kappa shape index (κ3) is 4.15. The van der Waals surface area contributed by atoms with Crippen molar-refractivity contribution in [2.75, 3.05) is 0 Å². The van der Waals surface area contributed by atoms with E-state index in [0.717, 1.165) is 12.0 Å². The Morgan fingerprint density at radius 1 is 1.14 bits per heavy atom. The maximum Gasteiger partial charge on any atom is 0.237 e. The van der Waals surface area contributed by atoms with Gasteiger partial charge in [-0.1, -0.05) is 55.8 Å². The minimum Gasteiger partial charge on any atom is -0.344 e. The molecule has 22 heavy (non-hydrogen) atoms. The van der Waals surface area contributed by atoms with Crippen molar-refractivity contribution < 1.29 is 9.18 Å². The lowest BCUT2D eigenvalue weighted by Crippen LogP contribution is -2.42. The molecule has 0 radical (unpaired) electrons. The van der Waals surface area contributed by atoms with Crippen LogP contribution < -0.4 is 11.1 Å². The molecular weight excluding hydrogens is 279 g/mol. The zero-order chi connectivity index (χ0) is 15.9. The largest absolute Gasteiger partial charge is 0.344 e. The van der Waals surface area contributed by atoms with E-state index >= 15 is 0 Å². The molecule has 0 bridgehead atoms. The maximum absolute atomic E-state index is 13.5. The van der Waals surface area contributed by atoms with Crippen LogP contribution in [0.15, 0.2) is 54.6 Å².